The molecule has 0 bridgehead atoms. The summed E-state index contributed by atoms with van der Waals surface area (Å²) < 4.78 is 1.30. The van der Waals surface area contributed by atoms with Crippen molar-refractivity contribution in [3.8, 4) is 0 Å². The SMILES string of the molecule is Cl.N[C@@H](CC1CC1)c1ccccc1I. The monoisotopic (exact) mass is 323 g/mol. The third kappa shape index (κ3) is 3.11. The summed E-state index contributed by atoms with van der Waals surface area (Å²) in [5.74, 6) is 0.908. The van der Waals surface area contributed by atoms with Gasteiger partial charge in [0.05, 0.1) is 0 Å². The minimum absolute atomic E-state index is 0. The molecule has 0 aromatic heterocycles. The smallest absolute Gasteiger partial charge is 0.0308 e. The molecular weight excluding hydrogens is 308 g/mol. The Morgan fingerprint density at radius 2 is 2.00 bits per heavy atom. The molecule has 1 fully saturated rings. The maximum atomic E-state index is 6.13. The van der Waals surface area contributed by atoms with Crippen molar-refractivity contribution in [2.24, 2.45) is 11.7 Å². The van der Waals surface area contributed by atoms with Crippen LogP contribution in [0.3, 0.4) is 0 Å². The summed E-state index contributed by atoms with van der Waals surface area (Å²) in [6, 6.07) is 8.66. The number of nitrogens with two attached hydrogens (primary N) is 1. The zero-order chi connectivity index (χ0) is 9.26. The highest BCUT2D eigenvalue weighted by molar-refractivity contribution is 14.1. The second-order valence-corrected chi connectivity index (χ2v) is 4.97. The Labute approximate surface area is 105 Å². The lowest BCUT2D eigenvalue weighted by atomic mass is 10.0. The van der Waals surface area contributed by atoms with E-state index >= 15 is 0 Å². The van der Waals surface area contributed by atoms with Crippen LogP contribution in [0.5, 0.6) is 0 Å². The summed E-state index contributed by atoms with van der Waals surface area (Å²) in [4.78, 5) is 0. The van der Waals surface area contributed by atoms with Gasteiger partial charge in [-0.2, -0.15) is 0 Å². The Morgan fingerprint density at radius 1 is 1.36 bits per heavy atom. The highest BCUT2D eigenvalue weighted by Crippen LogP contribution is 2.37. The Morgan fingerprint density at radius 3 is 2.57 bits per heavy atom. The molecule has 2 N–H and O–H groups in total. The standard InChI is InChI=1S/C11H14IN.ClH/c12-10-4-2-1-3-9(10)11(13)7-8-5-6-8;/h1-4,8,11H,5-7,13H2;1H/t11-;/m0./s1. The molecule has 1 aromatic rings. The predicted molar refractivity (Wildman–Crippen MR) is 70.7 cm³/mol. The summed E-state index contributed by atoms with van der Waals surface area (Å²) in [5, 5.41) is 0. The molecule has 1 saturated carbocycles. The van der Waals surface area contributed by atoms with E-state index in [-0.39, 0.29) is 18.4 Å². The topological polar surface area (TPSA) is 26.0 Å². The second-order valence-electron chi connectivity index (χ2n) is 3.81. The lowest BCUT2D eigenvalue weighted by Gasteiger charge is -2.12. The minimum Gasteiger partial charge on any atom is -0.324 e. The minimum atomic E-state index is 0. The van der Waals surface area contributed by atoms with Gasteiger partial charge in [-0.15, -0.1) is 12.4 Å². The van der Waals surface area contributed by atoms with Gasteiger partial charge in [-0.05, 0) is 46.6 Å². The van der Waals surface area contributed by atoms with E-state index in [9.17, 15) is 0 Å². The van der Waals surface area contributed by atoms with Gasteiger partial charge in [0.25, 0.3) is 0 Å². The largest absolute Gasteiger partial charge is 0.324 e. The highest BCUT2D eigenvalue weighted by atomic mass is 127. The molecule has 1 aromatic carbocycles. The van der Waals surface area contributed by atoms with Crippen LogP contribution in [0.4, 0.5) is 0 Å². The fraction of sp³-hybridized carbons (Fsp3) is 0.455. The summed E-state index contributed by atoms with van der Waals surface area (Å²) in [6.07, 6.45) is 3.94. The molecule has 1 aliphatic rings. The van der Waals surface area contributed by atoms with Crippen molar-refractivity contribution in [1.29, 1.82) is 0 Å². The fourth-order valence-electron chi connectivity index (χ4n) is 1.62. The van der Waals surface area contributed by atoms with Crippen molar-refractivity contribution in [2.75, 3.05) is 0 Å². The Balaban J connectivity index is 0.000000980. The number of halogens is 2. The van der Waals surface area contributed by atoms with E-state index in [1.807, 2.05) is 0 Å². The molecule has 0 radical (unpaired) electrons. The van der Waals surface area contributed by atoms with Crippen LogP contribution in [0.25, 0.3) is 0 Å². The zero-order valence-corrected chi connectivity index (χ0v) is 10.9. The van der Waals surface area contributed by atoms with E-state index in [1.165, 1.54) is 28.4 Å². The van der Waals surface area contributed by atoms with Gasteiger partial charge in [0.15, 0.2) is 0 Å². The van der Waals surface area contributed by atoms with Crippen molar-refractivity contribution in [3.05, 3.63) is 33.4 Å². The van der Waals surface area contributed by atoms with Gasteiger partial charge in [0.1, 0.15) is 0 Å². The molecule has 14 heavy (non-hydrogen) atoms. The van der Waals surface area contributed by atoms with Crippen molar-refractivity contribution in [1.82, 2.24) is 0 Å². The molecule has 1 aliphatic carbocycles. The first kappa shape index (κ1) is 12.3. The Bertz CT molecular complexity index is 299. The first-order valence-electron chi connectivity index (χ1n) is 4.77. The fourth-order valence-corrected chi connectivity index (χ4v) is 2.40. The van der Waals surface area contributed by atoms with E-state index in [0.717, 1.165) is 5.92 Å². The first-order valence-corrected chi connectivity index (χ1v) is 5.85. The molecule has 0 saturated heterocycles. The number of benzene rings is 1. The highest BCUT2D eigenvalue weighted by Gasteiger charge is 2.24. The summed E-state index contributed by atoms with van der Waals surface area (Å²) in [6.45, 7) is 0. The molecule has 0 unspecified atom stereocenters. The van der Waals surface area contributed by atoms with Crippen LogP contribution < -0.4 is 5.73 Å². The number of rotatable bonds is 3. The van der Waals surface area contributed by atoms with Gasteiger partial charge < -0.3 is 5.73 Å². The molecule has 3 heteroatoms. The summed E-state index contributed by atoms with van der Waals surface area (Å²) in [5.41, 5.74) is 7.45. The van der Waals surface area contributed by atoms with Gasteiger partial charge in [0.2, 0.25) is 0 Å². The molecule has 0 aliphatic heterocycles. The van der Waals surface area contributed by atoms with Gasteiger partial charge >= 0.3 is 0 Å². The maximum absolute atomic E-state index is 6.13. The average Bonchev–Trinajstić information content (AvgIpc) is 2.89. The van der Waals surface area contributed by atoms with Crippen molar-refractivity contribution < 1.29 is 0 Å². The van der Waals surface area contributed by atoms with Crippen LogP contribution >= 0.6 is 35.0 Å². The molecule has 0 heterocycles. The van der Waals surface area contributed by atoms with Crippen LogP contribution in [0.15, 0.2) is 24.3 Å². The molecular formula is C11H15ClIN. The van der Waals surface area contributed by atoms with E-state index in [0.29, 0.717) is 0 Å². The van der Waals surface area contributed by atoms with E-state index < -0.39 is 0 Å². The van der Waals surface area contributed by atoms with Gasteiger partial charge in [-0.1, -0.05) is 31.0 Å². The van der Waals surface area contributed by atoms with Crippen LogP contribution in [-0.4, -0.2) is 0 Å². The molecule has 2 rings (SSSR count). The summed E-state index contributed by atoms with van der Waals surface area (Å²) in [7, 11) is 0. The number of hydrogen-bond acceptors (Lipinski definition) is 1. The summed E-state index contributed by atoms with van der Waals surface area (Å²) >= 11 is 2.36. The van der Waals surface area contributed by atoms with Crippen LogP contribution in [-0.2, 0) is 0 Å². The van der Waals surface area contributed by atoms with Crippen LogP contribution in [0, 0.1) is 9.49 Å². The van der Waals surface area contributed by atoms with E-state index in [2.05, 4.69) is 46.9 Å². The molecule has 1 nitrogen and oxygen atoms in total. The molecule has 1 atom stereocenters. The van der Waals surface area contributed by atoms with Crippen molar-refractivity contribution >= 4 is 35.0 Å². The third-order valence-electron chi connectivity index (χ3n) is 2.59. The van der Waals surface area contributed by atoms with Crippen LogP contribution in [0.2, 0.25) is 0 Å². The Hall–Kier alpha value is 0.200. The third-order valence-corrected chi connectivity index (χ3v) is 3.57. The lowest BCUT2D eigenvalue weighted by molar-refractivity contribution is 0.595. The van der Waals surface area contributed by atoms with Gasteiger partial charge in [0, 0.05) is 9.61 Å². The van der Waals surface area contributed by atoms with Crippen molar-refractivity contribution in [3.63, 3.8) is 0 Å². The van der Waals surface area contributed by atoms with Gasteiger partial charge in [-0.3, -0.25) is 0 Å². The van der Waals surface area contributed by atoms with E-state index in [1.54, 1.807) is 0 Å². The average molecular weight is 324 g/mol. The molecule has 78 valence electrons. The zero-order valence-electron chi connectivity index (χ0n) is 7.95. The maximum Gasteiger partial charge on any atom is 0.0308 e. The van der Waals surface area contributed by atoms with Crippen molar-refractivity contribution in [2.45, 2.75) is 25.3 Å². The Kier molecular flexibility index (Phi) is 4.67. The quantitative estimate of drug-likeness (QED) is 0.846. The number of hydrogen-bond donors (Lipinski definition) is 1. The van der Waals surface area contributed by atoms with E-state index in [4.69, 9.17) is 5.73 Å². The lowest BCUT2D eigenvalue weighted by Crippen LogP contribution is -2.12. The predicted octanol–water partition coefficient (Wildman–Crippen LogP) is 3.51. The van der Waals surface area contributed by atoms with Gasteiger partial charge in [-0.25, -0.2) is 0 Å². The molecule has 0 amide bonds. The second kappa shape index (κ2) is 5.33. The normalized spacial score (nSPS) is 17.3. The first-order chi connectivity index (χ1) is 6.27. The molecule has 0 spiro atoms. The van der Waals surface area contributed by atoms with Crippen LogP contribution in [0.1, 0.15) is 30.9 Å².